The first-order chi connectivity index (χ1) is 9.71. The van der Waals surface area contributed by atoms with Gasteiger partial charge in [0.25, 0.3) is 5.56 Å². The third-order valence-corrected chi connectivity index (χ3v) is 3.46. The Balaban J connectivity index is 3.04. The monoisotopic (exact) mass is 316 g/mol. The van der Waals surface area contributed by atoms with Crippen molar-refractivity contribution in [2.24, 2.45) is 11.1 Å². The maximum Gasteiger partial charge on any atom is 0.327 e. The number of halogens is 1. The van der Waals surface area contributed by atoms with Crippen LogP contribution in [-0.2, 0) is 16.1 Å². The minimum atomic E-state index is -0.564. The lowest BCUT2D eigenvalue weighted by Gasteiger charge is -2.30. The predicted octanol–water partition coefficient (Wildman–Crippen LogP) is 0.491. The Morgan fingerprint density at radius 2 is 2.19 bits per heavy atom. The van der Waals surface area contributed by atoms with Gasteiger partial charge in [-0.05, 0) is 12.0 Å². The number of nitrogens with two attached hydrogens (primary N) is 1. The highest BCUT2D eigenvalue weighted by Gasteiger charge is 2.21. The molecule has 1 rings (SSSR count). The van der Waals surface area contributed by atoms with Crippen LogP contribution < -0.4 is 16.2 Å². The molecule has 21 heavy (non-hydrogen) atoms. The minimum absolute atomic E-state index is 0.0178. The highest BCUT2D eigenvalue weighted by atomic mass is 35.5. The first-order valence-corrected chi connectivity index (χ1v) is 6.83. The maximum absolute atomic E-state index is 12.1. The molecule has 0 aromatic carbocycles. The Kier molecular flexibility index (Phi) is 5.74. The number of rotatable bonds is 6. The van der Waals surface area contributed by atoms with Crippen molar-refractivity contribution in [1.29, 1.82) is 0 Å². The summed E-state index contributed by atoms with van der Waals surface area (Å²) in [7, 11) is 3.05. The second-order valence-electron chi connectivity index (χ2n) is 5.61. The van der Waals surface area contributed by atoms with Gasteiger partial charge < -0.3 is 15.4 Å². The molecule has 1 aromatic rings. The fraction of sp³-hybridized carbons (Fsp3) is 0.615. The number of methoxy groups -OCH3 is 1. The van der Waals surface area contributed by atoms with Crippen LogP contribution in [-0.4, -0.2) is 43.0 Å². The number of anilines is 1. The van der Waals surface area contributed by atoms with Crippen molar-refractivity contribution in [2.45, 2.75) is 20.4 Å². The lowest BCUT2D eigenvalue weighted by atomic mass is 9.93. The van der Waals surface area contributed by atoms with Crippen molar-refractivity contribution in [3.8, 4) is 0 Å². The van der Waals surface area contributed by atoms with Crippen LogP contribution in [0.15, 0.2) is 11.0 Å². The summed E-state index contributed by atoms with van der Waals surface area (Å²) in [6, 6.07) is 0. The van der Waals surface area contributed by atoms with Crippen LogP contribution in [0.25, 0.3) is 0 Å². The molecule has 2 N–H and O–H groups in total. The van der Waals surface area contributed by atoms with Crippen molar-refractivity contribution in [2.75, 3.05) is 32.1 Å². The summed E-state index contributed by atoms with van der Waals surface area (Å²) in [6.45, 7) is 4.88. The maximum atomic E-state index is 12.1. The van der Waals surface area contributed by atoms with Crippen molar-refractivity contribution in [3.05, 3.63) is 21.6 Å². The molecule has 0 saturated carbocycles. The third kappa shape index (κ3) is 4.44. The van der Waals surface area contributed by atoms with E-state index in [1.807, 2.05) is 25.8 Å². The number of hydrogen-bond acceptors (Lipinski definition) is 6. The van der Waals surface area contributed by atoms with Crippen LogP contribution in [0.4, 0.5) is 5.69 Å². The number of esters is 1. The average molecular weight is 317 g/mol. The summed E-state index contributed by atoms with van der Waals surface area (Å²) in [5.41, 5.74) is 5.55. The second-order valence-corrected chi connectivity index (χ2v) is 5.99. The largest absolute Gasteiger partial charge is 0.468 e. The Labute approximate surface area is 128 Å². The summed E-state index contributed by atoms with van der Waals surface area (Å²) < 4.78 is 5.47. The summed E-state index contributed by atoms with van der Waals surface area (Å²) in [4.78, 5) is 25.1. The van der Waals surface area contributed by atoms with E-state index in [-0.39, 0.29) is 17.0 Å². The van der Waals surface area contributed by atoms with Gasteiger partial charge in [0.1, 0.15) is 11.6 Å². The lowest BCUT2D eigenvalue weighted by molar-refractivity contribution is -0.141. The van der Waals surface area contributed by atoms with Crippen molar-refractivity contribution in [3.63, 3.8) is 0 Å². The van der Waals surface area contributed by atoms with Crippen molar-refractivity contribution >= 4 is 23.3 Å². The van der Waals surface area contributed by atoms with Crippen LogP contribution in [0.1, 0.15) is 13.8 Å². The van der Waals surface area contributed by atoms with Gasteiger partial charge in [-0.2, -0.15) is 5.10 Å². The van der Waals surface area contributed by atoms with Crippen LogP contribution in [0.3, 0.4) is 0 Å². The van der Waals surface area contributed by atoms with E-state index < -0.39 is 11.5 Å². The lowest BCUT2D eigenvalue weighted by Crippen LogP contribution is -2.38. The predicted molar refractivity (Wildman–Crippen MR) is 81.6 cm³/mol. The van der Waals surface area contributed by atoms with E-state index in [2.05, 4.69) is 9.84 Å². The average Bonchev–Trinajstić information content (AvgIpc) is 2.43. The summed E-state index contributed by atoms with van der Waals surface area (Å²) in [6.07, 6.45) is 1.46. The molecule has 0 spiro atoms. The SMILES string of the molecule is COC(=O)Cn1ncc(N(C)CC(C)(C)CN)c(Cl)c1=O. The Morgan fingerprint density at radius 3 is 2.71 bits per heavy atom. The zero-order chi connectivity index (χ0) is 16.2. The molecule has 0 bridgehead atoms. The van der Waals surface area contributed by atoms with Gasteiger partial charge >= 0.3 is 5.97 Å². The fourth-order valence-electron chi connectivity index (χ4n) is 1.81. The van der Waals surface area contributed by atoms with Gasteiger partial charge in [0.2, 0.25) is 0 Å². The number of aromatic nitrogens is 2. The van der Waals surface area contributed by atoms with Gasteiger partial charge in [0.05, 0.1) is 19.0 Å². The van der Waals surface area contributed by atoms with Gasteiger partial charge in [-0.25, -0.2) is 4.68 Å². The number of carbonyl (C=O) groups is 1. The molecule has 1 heterocycles. The van der Waals surface area contributed by atoms with E-state index in [1.165, 1.54) is 13.3 Å². The molecule has 8 heteroatoms. The molecule has 0 fully saturated rings. The van der Waals surface area contributed by atoms with Gasteiger partial charge in [0.15, 0.2) is 0 Å². The van der Waals surface area contributed by atoms with Gasteiger partial charge in [-0.15, -0.1) is 0 Å². The topological polar surface area (TPSA) is 90.5 Å². The van der Waals surface area contributed by atoms with Crippen LogP contribution in [0.2, 0.25) is 5.02 Å². The van der Waals surface area contributed by atoms with E-state index >= 15 is 0 Å². The normalized spacial score (nSPS) is 11.3. The number of hydrogen-bond donors (Lipinski definition) is 1. The Hall–Kier alpha value is -1.60. The standard InChI is InChI=1S/C13H21ClN4O3/c1-13(2,7-15)8-17(3)9-5-16-18(6-10(19)21-4)12(20)11(9)14/h5H,6-8,15H2,1-4H3. The van der Waals surface area contributed by atoms with E-state index in [1.54, 1.807) is 0 Å². The first-order valence-electron chi connectivity index (χ1n) is 6.45. The quantitative estimate of drug-likeness (QED) is 0.768. The summed E-state index contributed by atoms with van der Waals surface area (Å²) >= 11 is 6.09. The smallest absolute Gasteiger partial charge is 0.327 e. The number of ether oxygens (including phenoxy) is 1. The molecular formula is C13H21ClN4O3. The Bertz CT molecular complexity index is 571. The zero-order valence-corrected chi connectivity index (χ0v) is 13.5. The molecule has 1 aromatic heterocycles. The molecular weight excluding hydrogens is 296 g/mol. The molecule has 0 unspecified atom stereocenters. The van der Waals surface area contributed by atoms with Gasteiger partial charge in [-0.3, -0.25) is 9.59 Å². The highest BCUT2D eigenvalue weighted by molar-refractivity contribution is 6.33. The van der Waals surface area contributed by atoms with E-state index in [0.29, 0.717) is 18.8 Å². The molecule has 0 radical (unpaired) electrons. The van der Waals surface area contributed by atoms with E-state index in [0.717, 1.165) is 4.68 Å². The molecule has 0 aliphatic rings. The third-order valence-electron chi connectivity index (χ3n) is 3.10. The van der Waals surface area contributed by atoms with Gasteiger partial charge in [0, 0.05) is 13.6 Å². The molecule has 0 saturated heterocycles. The molecule has 0 aliphatic heterocycles. The fourth-order valence-corrected chi connectivity index (χ4v) is 2.10. The van der Waals surface area contributed by atoms with Crippen LogP contribution >= 0.6 is 11.6 Å². The van der Waals surface area contributed by atoms with Crippen molar-refractivity contribution in [1.82, 2.24) is 9.78 Å². The zero-order valence-electron chi connectivity index (χ0n) is 12.7. The minimum Gasteiger partial charge on any atom is -0.468 e. The summed E-state index contributed by atoms with van der Waals surface area (Å²) in [5, 5.41) is 3.97. The molecule has 7 nitrogen and oxygen atoms in total. The highest BCUT2D eigenvalue weighted by Crippen LogP contribution is 2.23. The number of nitrogens with zero attached hydrogens (tertiary/aromatic N) is 3. The van der Waals surface area contributed by atoms with E-state index in [4.69, 9.17) is 17.3 Å². The molecule has 0 atom stereocenters. The second kappa shape index (κ2) is 6.91. The van der Waals surface area contributed by atoms with Crippen LogP contribution in [0, 0.1) is 5.41 Å². The first kappa shape index (κ1) is 17.5. The van der Waals surface area contributed by atoms with Crippen molar-refractivity contribution < 1.29 is 9.53 Å². The molecule has 0 amide bonds. The molecule has 0 aliphatic carbocycles. The molecule has 118 valence electrons. The van der Waals surface area contributed by atoms with Gasteiger partial charge in [-0.1, -0.05) is 25.4 Å². The summed E-state index contributed by atoms with van der Waals surface area (Å²) in [5.74, 6) is -0.564. The van der Waals surface area contributed by atoms with Crippen LogP contribution in [0.5, 0.6) is 0 Å². The Morgan fingerprint density at radius 1 is 1.57 bits per heavy atom. The number of carbonyl (C=O) groups excluding carboxylic acids is 1. The van der Waals surface area contributed by atoms with E-state index in [9.17, 15) is 9.59 Å².